The van der Waals surface area contributed by atoms with Crippen molar-refractivity contribution in [2.45, 2.75) is 58.0 Å². The van der Waals surface area contributed by atoms with Gasteiger partial charge in [-0.3, -0.25) is 9.59 Å². The highest BCUT2D eigenvalue weighted by atomic mass is 16.7. The van der Waals surface area contributed by atoms with E-state index in [1.807, 2.05) is 30.3 Å². The summed E-state index contributed by atoms with van der Waals surface area (Å²) in [5.41, 5.74) is 1.05. The van der Waals surface area contributed by atoms with E-state index < -0.39 is 12.1 Å². The molecule has 1 aromatic rings. The van der Waals surface area contributed by atoms with E-state index in [1.165, 1.54) is 0 Å². The number of ketones is 1. The topological polar surface area (TPSA) is 71.1 Å². The van der Waals surface area contributed by atoms with Crippen LogP contribution in [0.2, 0.25) is 0 Å². The summed E-state index contributed by atoms with van der Waals surface area (Å²) in [7, 11) is 0. The van der Waals surface area contributed by atoms with Crippen LogP contribution in [-0.2, 0) is 35.1 Å². The van der Waals surface area contributed by atoms with Crippen LogP contribution in [0.1, 0.15) is 44.6 Å². The van der Waals surface area contributed by atoms with Gasteiger partial charge in [0.25, 0.3) is 0 Å². The third-order valence-electron chi connectivity index (χ3n) is 4.00. The zero-order valence-electron chi connectivity index (χ0n) is 15.4. The largest absolute Gasteiger partial charge is 0.466 e. The van der Waals surface area contributed by atoms with Crippen molar-refractivity contribution in [1.29, 1.82) is 0 Å². The predicted molar refractivity (Wildman–Crippen MR) is 95.4 cm³/mol. The molecule has 0 radical (unpaired) electrons. The van der Waals surface area contributed by atoms with E-state index in [1.54, 1.807) is 6.92 Å². The number of esters is 1. The molecule has 144 valence electrons. The van der Waals surface area contributed by atoms with Gasteiger partial charge in [-0.15, -0.1) is 0 Å². The molecule has 0 aromatic heterocycles. The minimum absolute atomic E-state index is 0.105. The van der Waals surface area contributed by atoms with Crippen molar-refractivity contribution >= 4 is 11.8 Å². The Labute approximate surface area is 154 Å². The lowest BCUT2D eigenvalue weighted by Crippen LogP contribution is -2.32. The van der Waals surface area contributed by atoms with Crippen molar-refractivity contribution in [3.8, 4) is 0 Å². The first-order valence-corrected chi connectivity index (χ1v) is 9.23. The Hall–Kier alpha value is -1.76. The number of hydrogen-bond donors (Lipinski definition) is 0. The fourth-order valence-electron chi connectivity index (χ4n) is 2.76. The predicted octanol–water partition coefficient (Wildman–Crippen LogP) is 3.03. The summed E-state index contributed by atoms with van der Waals surface area (Å²) >= 11 is 0. The van der Waals surface area contributed by atoms with Crippen LogP contribution in [0.3, 0.4) is 0 Å². The number of Topliss-reactive ketones (excluding diaryl/α,β-unsaturated/α-hetero) is 1. The van der Waals surface area contributed by atoms with E-state index >= 15 is 0 Å². The van der Waals surface area contributed by atoms with Gasteiger partial charge in [-0.25, -0.2) is 0 Å². The Morgan fingerprint density at radius 3 is 2.73 bits per heavy atom. The second-order valence-corrected chi connectivity index (χ2v) is 6.28. The molecule has 0 saturated carbocycles. The molecule has 1 fully saturated rings. The van der Waals surface area contributed by atoms with Crippen molar-refractivity contribution in [1.82, 2.24) is 0 Å². The smallest absolute Gasteiger partial charge is 0.313 e. The van der Waals surface area contributed by atoms with E-state index in [0.29, 0.717) is 13.2 Å². The van der Waals surface area contributed by atoms with E-state index in [-0.39, 0.29) is 38.1 Å². The van der Waals surface area contributed by atoms with Gasteiger partial charge in [0.05, 0.1) is 25.9 Å². The zero-order chi connectivity index (χ0) is 18.6. The van der Waals surface area contributed by atoms with Crippen molar-refractivity contribution in [3.63, 3.8) is 0 Å². The fourth-order valence-corrected chi connectivity index (χ4v) is 2.76. The number of carbonyl (C=O) groups excluding carboxylic acids is 2. The molecule has 6 heteroatoms. The maximum atomic E-state index is 12.1. The van der Waals surface area contributed by atoms with Gasteiger partial charge in [0, 0.05) is 13.0 Å². The van der Waals surface area contributed by atoms with Gasteiger partial charge < -0.3 is 18.9 Å². The van der Waals surface area contributed by atoms with Crippen molar-refractivity contribution in [2.75, 3.05) is 19.8 Å². The summed E-state index contributed by atoms with van der Waals surface area (Å²) in [5, 5.41) is 0. The Balaban J connectivity index is 1.83. The number of carbonyl (C=O) groups is 2. The quantitative estimate of drug-likeness (QED) is 0.444. The number of ether oxygens (including phenoxy) is 4. The molecule has 0 N–H and O–H groups in total. The van der Waals surface area contributed by atoms with Crippen molar-refractivity contribution in [3.05, 3.63) is 35.9 Å². The Bertz CT molecular complexity index is 538. The average molecular weight is 364 g/mol. The van der Waals surface area contributed by atoms with Crippen LogP contribution in [0, 0.1) is 0 Å². The summed E-state index contributed by atoms with van der Waals surface area (Å²) in [5.74, 6) is -0.719. The molecule has 1 heterocycles. The van der Waals surface area contributed by atoms with Gasteiger partial charge >= 0.3 is 5.97 Å². The maximum Gasteiger partial charge on any atom is 0.313 e. The molecule has 1 aromatic carbocycles. The SMILES string of the molecule is CCOC(=O)CC(=O)C[C@@H](COCc1ccccc1)OC1CCCCO1. The molecule has 0 spiro atoms. The highest BCUT2D eigenvalue weighted by Gasteiger charge is 2.23. The summed E-state index contributed by atoms with van der Waals surface area (Å²) in [4.78, 5) is 23.6. The Kier molecular flexibility index (Phi) is 9.31. The summed E-state index contributed by atoms with van der Waals surface area (Å²) < 4.78 is 22.1. The van der Waals surface area contributed by atoms with Crippen LogP contribution in [0.5, 0.6) is 0 Å². The van der Waals surface area contributed by atoms with Crippen LogP contribution in [-0.4, -0.2) is 44.0 Å². The number of benzene rings is 1. The van der Waals surface area contributed by atoms with Crippen LogP contribution in [0.25, 0.3) is 0 Å². The first kappa shape index (κ1) is 20.6. The molecule has 1 saturated heterocycles. The molecule has 1 aliphatic heterocycles. The minimum atomic E-state index is -0.504. The summed E-state index contributed by atoms with van der Waals surface area (Å²) in [6.45, 7) is 3.36. The second kappa shape index (κ2) is 11.8. The summed E-state index contributed by atoms with van der Waals surface area (Å²) in [6, 6.07) is 9.80. The van der Waals surface area contributed by atoms with Crippen molar-refractivity contribution < 1.29 is 28.5 Å². The molecule has 26 heavy (non-hydrogen) atoms. The Morgan fingerprint density at radius 2 is 2.04 bits per heavy atom. The molecule has 1 aliphatic rings. The molecule has 1 unspecified atom stereocenters. The van der Waals surface area contributed by atoms with Crippen LogP contribution in [0.4, 0.5) is 0 Å². The second-order valence-electron chi connectivity index (χ2n) is 6.28. The molecule has 2 atom stereocenters. The van der Waals surface area contributed by atoms with E-state index in [0.717, 1.165) is 24.8 Å². The molecular weight excluding hydrogens is 336 g/mol. The average Bonchev–Trinajstić information content (AvgIpc) is 2.63. The van der Waals surface area contributed by atoms with Gasteiger partial charge in [0.2, 0.25) is 0 Å². The monoisotopic (exact) mass is 364 g/mol. The first-order valence-electron chi connectivity index (χ1n) is 9.23. The Morgan fingerprint density at radius 1 is 1.23 bits per heavy atom. The lowest BCUT2D eigenvalue weighted by atomic mass is 10.1. The molecule has 0 aliphatic carbocycles. The third-order valence-corrected chi connectivity index (χ3v) is 4.00. The molecule has 0 bridgehead atoms. The van der Waals surface area contributed by atoms with E-state index in [2.05, 4.69) is 0 Å². The molecule has 2 rings (SSSR count). The van der Waals surface area contributed by atoms with E-state index in [4.69, 9.17) is 18.9 Å². The van der Waals surface area contributed by atoms with Gasteiger partial charge in [0.1, 0.15) is 12.2 Å². The highest BCUT2D eigenvalue weighted by Crippen LogP contribution is 2.18. The van der Waals surface area contributed by atoms with Gasteiger partial charge in [0.15, 0.2) is 6.29 Å². The molecule has 6 nitrogen and oxygen atoms in total. The van der Waals surface area contributed by atoms with E-state index in [9.17, 15) is 9.59 Å². The maximum absolute atomic E-state index is 12.1. The summed E-state index contributed by atoms with van der Waals surface area (Å²) in [6.07, 6.45) is 1.98. The normalized spacial score (nSPS) is 18.3. The number of rotatable bonds is 11. The van der Waals surface area contributed by atoms with Gasteiger partial charge in [-0.2, -0.15) is 0 Å². The lowest BCUT2D eigenvalue weighted by Gasteiger charge is -2.27. The van der Waals surface area contributed by atoms with Crippen LogP contribution < -0.4 is 0 Å². The van der Waals surface area contributed by atoms with Gasteiger partial charge in [-0.1, -0.05) is 30.3 Å². The van der Waals surface area contributed by atoms with Crippen molar-refractivity contribution in [2.24, 2.45) is 0 Å². The minimum Gasteiger partial charge on any atom is -0.466 e. The zero-order valence-corrected chi connectivity index (χ0v) is 15.4. The van der Waals surface area contributed by atoms with Gasteiger partial charge in [-0.05, 0) is 31.7 Å². The fraction of sp³-hybridized carbons (Fsp3) is 0.600. The standard InChI is InChI=1S/C20H28O6/c1-2-24-19(22)13-17(21)12-18(26-20-10-6-7-11-25-20)15-23-14-16-8-4-3-5-9-16/h3-5,8-9,18,20H,2,6-7,10-15H2,1H3/t18-,20?/m0/s1. The molecular formula is C20H28O6. The third kappa shape index (κ3) is 8.08. The first-order chi connectivity index (χ1) is 12.7. The highest BCUT2D eigenvalue weighted by molar-refractivity contribution is 5.95. The van der Waals surface area contributed by atoms with Crippen LogP contribution in [0.15, 0.2) is 30.3 Å². The lowest BCUT2D eigenvalue weighted by molar-refractivity contribution is -0.199. The van der Waals surface area contributed by atoms with Crippen LogP contribution >= 0.6 is 0 Å². The number of hydrogen-bond acceptors (Lipinski definition) is 6. The molecule has 0 amide bonds.